The highest BCUT2D eigenvalue weighted by molar-refractivity contribution is 4.48. The lowest BCUT2D eigenvalue weighted by atomic mass is 10.3. The number of hydrogen-bond donors (Lipinski definition) is 1. The van der Waals surface area contributed by atoms with E-state index in [1.807, 2.05) is 0 Å². The maximum atomic E-state index is 5.33. The summed E-state index contributed by atoms with van der Waals surface area (Å²) in [7, 11) is 3.43. The van der Waals surface area contributed by atoms with Gasteiger partial charge in [0.15, 0.2) is 0 Å². The van der Waals surface area contributed by atoms with Crippen molar-refractivity contribution in [1.82, 2.24) is 5.32 Å². The van der Waals surface area contributed by atoms with Crippen LogP contribution in [-0.4, -0.2) is 53.7 Å². The minimum absolute atomic E-state index is 0.685. The summed E-state index contributed by atoms with van der Waals surface area (Å²) in [6.07, 6.45) is 3.38. The van der Waals surface area contributed by atoms with Crippen LogP contribution in [0.5, 0.6) is 0 Å². The molecule has 0 saturated heterocycles. The Balaban J connectivity index is 2.81. The molecule has 0 aromatic carbocycles. The number of nitrogens with one attached hydrogen (secondary N) is 1. The molecule has 0 amide bonds. The molecule has 0 fully saturated rings. The van der Waals surface area contributed by atoms with E-state index in [1.54, 1.807) is 14.2 Å². The second-order valence-electron chi connectivity index (χ2n) is 3.41. The predicted molar refractivity (Wildman–Crippen MR) is 61.3 cm³/mol. The van der Waals surface area contributed by atoms with Crippen LogP contribution in [0.1, 0.15) is 19.3 Å². The van der Waals surface area contributed by atoms with E-state index in [0.29, 0.717) is 13.2 Å². The molecule has 0 bridgehead atoms. The molecule has 0 aliphatic heterocycles. The monoisotopic (exact) mass is 219 g/mol. The first-order chi connectivity index (χ1) is 7.41. The van der Waals surface area contributed by atoms with Crippen molar-refractivity contribution in [2.75, 3.05) is 53.7 Å². The summed E-state index contributed by atoms with van der Waals surface area (Å²) in [6.45, 7) is 5.16. The van der Waals surface area contributed by atoms with Crippen molar-refractivity contribution in [3.8, 4) is 0 Å². The topological polar surface area (TPSA) is 39.7 Å². The highest BCUT2D eigenvalue weighted by atomic mass is 16.5. The summed E-state index contributed by atoms with van der Waals surface area (Å²) >= 11 is 0. The van der Waals surface area contributed by atoms with Crippen molar-refractivity contribution in [2.45, 2.75) is 19.3 Å². The van der Waals surface area contributed by atoms with E-state index in [4.69, 9.17) is 14.2 Å². The highest BCUT2D eigenvalue weighted by Gasteiger charge is 1.90. The predicted octanol–water partition coefficient (Wildman–Crippen LogP) is 1.06. The molecule has 0 heterocycles. The van der Waals surface area contributed by atoms with Gasteiger partial charge in [-0.15, -0.1) is 0 Å². The zero-order valence-corrected chi connectivity index (χ0v) is 10.1. The summed E-state index contributed by atoms with van der Waals surface area (Å²) < 4.78 is 15.2. The molecule has 0 unspecified atom stereocenters. The molecule has 4 heteroatoms. The summed E-state index contributed by atoms with van der Waals surface area (Å²) in [5.74, 6) is 0. The minimum Gasteiger partial charge on any atom is -0.385 e. The molecular formula is C11H25NO3. The molecule has 1 N–H and O–H groups in total. The van der Waals surface area contributed by atoms with Crippen LogP contribution in [-0.2, 0) is 14.2 Å². The normalized spacial score (nSPS) is 10.8. The fourth-order valence-electron chi connectivity index (χ4n) is 1.16. The molecular weight excluding hydrogens is 194 g/mol. The SMILES string of the molecule is COCCCCNCCCOCCOC. The quantitative estimate of drug-likeness (QED) is 0.498. The maximum Gasteiger partial charge on any atom is 0.0700 e. The molecule has 0 rings (SSSR count). The van der Waals surface area contributed by atoms with E-state index in [1.165, 1.54) is 6.42 Å². The van der Waals surface area contributed by atoms with Crippen LogP contribution < -0.4 is 5.32 Å². The molecule has 0 atom stereocenters. The van der Waals surface area contributed by atoms with Gasteiger partial charge in [-0.1, -0.05) is 0 Å². The molecule has 4 nitrogen and oxygen atoms in total. The van der Waals surface area contributed by atoms with Crippen molar-refractivity contribution in [1.29, 1.82) is 0 Å². The minimum atomic E-state index is 0.685. The molecule has 15 heavy (non-hydrogen) atoms. The Bertz CT molecular complexity index is 100. The van der Waals surface area contributed by atoms with Crippen molar-refractivity contribution in [2.24, 2.45) is 0 Å². The van der Waals surface area contributed by atoms with Crippen LogP contribution >= 0.6 is 0 Å². The Morgan fingerprint density at radius 2 is 1.47 bits per heavy atom. The Morgan fingerprint density at radius 3 is 2.20 bits per heavy atom. The number of methoxy groups -OCH3 is 2. The fraction of sp³-hybridized carbons (Fsp3) is 1.00. The molecule has 0 spiro atoms. The van der Waals surface area contributed by atoms with E-state index < -0.39 is 0 Å². The van der Waals surface area contributed by atoms with E-state index >= 15 is 0 Å². The Morgan fingerprint density at radius 1 is 0.733 bits per heavy atom. The van der Waals surface area contributed by atoms with E-state index in [9.17, 15) is 0 Å². The van der Waals surface area contributed by atoms with Crippen molar-refractivity contribution < 1.29 is 14.2 Å². The van der Waals surface area contributed by atoms with Gasteiger partial charge >= 0.3 is 0 Å². The Hall–Kier alpha value is -0.160. The molecule has 0 saturated carbocycles. The third-order valence-electron chi connectivity index (χ3n) is 2.03. The summed E-state index contributed by atoms with van der Waals surface area (Å²) in [5, 5.41) is 3.37. The summed E-state index contributed by atoms with van der Waals surface area (Å²) in [6, 6.07) is 0. The van der Waals surface area contributed by atoms with Crippen molar-refractivity contribution in [3.05, 3.63) is 0 Å². The first-order valence-corrected chi connectivity index (χ1v) is 5.68. The lowest BCUT2D eigenvalue weighted by molar-refractivity contribution is 0.0695. The highest BCUT2D eigenvalue weighted by Crippen LogP contribution is 1.87. The third-order valence-corrected chi connectivity index (χ3v) is 2.03. The van der Waals surface area contributed by atoms with Gasteiger partial charge in [0.05, 0.1) is 13.2 Å². The number of ether oxygens (including phenoxy) is 3. The maximum absolute atomic E-state index is 5.33. The first kappa shape index (κ1) is 14.8. The number of rotatable bonds is 12. The van der Waals surface area contributed by atoms with Gasteiger partial charge in [0, 0.05) is 27.4 Å². The Labute approximate surface area is 93.3 Å². The van der Waals surface area contributed by atoms with Gasteiger partial charge < -0.3 is 19.5 Å². The second-order valence-corrected chi connectivity index (χ2v) is 3.41. The van der Waals surface area contributed by atoms with Crippen LogP contribution in [0, 0.1) is 0 Å². The van der Waals surface area contributed by atoms with E-state index in [-0.39, 0.29) is 0 Å². The average Bonchev–Trinajstić information content (AvgIpc) is 2.26. The van der Waals surface area contributed by atoms with Gasteiger partial charge in [-0.25, -0.2) is 0 Å². The van der Waals surface area contributed by atoms with Gasteiger partial charge in [0.1, 0.15) is 0 Å². The zero-order chi connectivity index (χ0) is 11.2. The van der Waals surface area contributed by atoms with Crippen LogP contribution in [0.2, 0.25) is 0 Å². The number of unbranched alkanes of at least 4 members (excludes halogenated alkanes) is 1. The molecule has 0 aliphatic carbocycles. The zero-order valence-electron chi connectivity index (χ0n) is 10.1. The molecule has 0 aromatic heterocycles. The van der Waals surface area contributed by atoms with Gasteiger partial charge in [-0.3, -0.25) is 0 Å². The number of hydrogen-bond acceptors (Lipinski definition) is 4. The largest absolute Gasteiger partial charge is 0.385 e. The molecule has 0 aromatic rings. The molecule has 0 radical (unpaired) electrons. The lowest BCUT2D eigenvalue weighted by Gasteiger charge is -2.05. The van der Waals surface area contributed by atoms with Crippen LogP contribution in [0.3, 0.4) is 0 Å². The van der Waals surface area contributed by atoms with Crippen molar-refractivity contribution in [3.63, 3.8) is 0 Å². The first-order valence-electron chi connectivity index (χ1n) is 5.68. The standard InChI is InChI=1S/C11H25NO3/c1-13-8-4-3-6-12-7-5-9-15-11-10-14-2/h12H,3-11H2,1-2H3. The van der Waals surface area contributed by atoms with E-state index in [2.05, 4.69) is 5.32 Å². The van der Waals surface area contributed by atoms with Gasteiger partial charge in [-0.05, 0) is 32.4 Å². The second kappa shape index (κ2) is 13.8. The van der Waals surface area contributed by atoms with E-state index in [0.717, 1.165) is 39.1 Å². The summed E-state index contributed by atoms with van der Waals surface area (Å²) in [4.78, 5) is 0. The lowest BCUT2D eigenvalue weighted by Crippen LogP contribution is -2.18. The molecule has 0 aliphatic rings. The van der Waals surface area contributed by atoms with Gasteiger partial charge in [-0.2, -0.15) is 0 Å². The average molecular weight is 219 g/mol. The fourth-order valence-corrected chi connectivity index (χ4v) is 1.16. The van der Waals surface area contributed by atoms with Gasteiger partial charge in [0.25, 0.3) is 0 Å². The Kier molecular flexibility index (Phi) is 13.7. The third kappa shape index (κ3) is 13.8. The smallest absolute Gasteiger partial charge is 0.0700 e. The summed E-state index contributed by atoms with van der Waals surface area (Å²) in [5.41, 5.74) is 0. The van der Waals surface area contributed by atoms with Crippen LogP contribution in [0.4, 0.5) is 0 Å². The van der Waals surface area contributed by atoms with Crippen molar-refractivity contribution >= 4 is 0 Å². The van der Waals surface area contributed by atoms with Gasteiger partial charge in [0.2, 0.25) is 0 Å². The molecule has 92 valence electrons. The van der Waals surface area contributed by atoms with Crippen LogP contribution in [0.25, 0.3) is 0 Å². The van der Waals surface area contributed by atoms with Crippen LogP contribution in [0.15, 0.2) is 0 Å².